The lowest BCUT2D eigenvalue weighted by molar-refractivity contribution is 0.0359. The molecule has 0 bridgehead atoms. The first-order valence-corrected chi connectivity index (χ1v) is 8.17. The summed E-state index contributed by atoms with van der Waals surface area (Å²) in [6, 6.07) is 9.54. The summed E-state index contributed by atoms with van der Waals surface area (Å²) >= 11 is 11.1. The minimum atomic E-state index is -0.579. The van der Waals surface area contributed by atoms with Gasteiger partial charge in [-0.05, 0) is 29.6 Å². The molecular formula is C14H15BrClNO2S. The fraction of sp³-hybridized carbons (Fsp3) is 0.286. The smallest absolute Gasteiger partial charge is 0.0945 e. The second-order valence-corrected chi connectivity index (χ2v) is 6.61. The number of ether oxygens (including phenoxy) is 1. The lowest BCUT2D eigenvalue weighted by Gasteiger charge is -2.14. The Hall–Kier alpha value is -0.590. The second-order valence-electron chi connectivity index (χ2n) is 4.25. The molecule has 0 saturated carbocycles. The number of rotatable bonds is 7. The van der Waals surface area contributed by atoms with Crippen LogP contribution in [0, 0.1) is 0 Å². The number of benzene rings is 1. The van der Waals surface area contributed by atoms with E-state index in [1.807, 2.05) is 29.6 Å². The molecule has 2 rings (SSSR count). The van der Waals surface area contributed by atoms with Crippen molar-refractivity contribution in [2.75, 3.05) is 18.5 Å². The minimum absolute atomic E-state index is 0.288. The Labute approximate surface area is 135 Å². The van der Waals surface area contributed by atoms with Crippen LogP contribution in [0.15, 0.2) is 40.2 Å². The molecular weight excluding hydrogens is 362 g/mol. The molecule has 2 aromatic rings. The van der Waals surface area contributed by atoms with Gasteiger partial charge in [0.1, 0.15) is 0 Å². The van der Waals surface area contributed by atoms with E-state index < -0.39 is 6.10 Å². The van der Waals surface area contributed by atoms with Gasteiger partial charge in [0.2, 0.25) is 0 Å². The Morgan fingerprint density at radius 1 is 1.40 bits per heavy atom. The van der Waals surface area contributed by atoms with Crippen LogP contribution >= 0.6 is 38.9 Å². The van der Waals surface area contributed by atoms with Crippen molar-refractivity contribution < 1.29 is 9.84 Å². The highest BCUT2D eigenvalue weighted by Crippen LogP contribution is 2.25. The zero-order chi connectivity index (χ0) is 14.4. The van der Waals surface area contributed by atoms with Crippen LogP contribution in [0.4, 0.5) is 5.69 Å². The highest BCUT2D eigenvalue weighted by atomic mass is 79.9. The third-order valence-corrected chi connectivity index (χ3v) is 4.26. The molecule has 0 amide bonds. The maximum Gasteiger partial charge on any atom is 0.0945 e. The molecule has 1 aromatic carbocycles. The van der Waals surface area contributed by atoms with E-state index >= 15 is 0 Å². The summed E-state index contributed by atoms with van der Waals surface area (Å²) in [6.07, 6.45) is -0.579. The lowest BCUT2D eigenvalue weighted by atomic mass is 10.3. The van der Waals surface area contributed by atoms with E-state index in [1.165, 1.54) is 0 Å². The molecule has 0 saturated heterocycles. The molecule has 108 valence electrons. The quantitative estimate of drug-likeness (QED) is 0.762. The summed E-state index contributed by atoms with van der Waals surface area (Å²) in [6.45, 7) is 1.21. The van der Waals surface area contributed by atoms with Gasteiger partial charge in [-0.2, -0.15) is 0 Å². The number of anilines is 1. The highest BCUT2D eigenvalue weighted by molar-refractivity contribution is 9.10. The third kappa shape index (κ3) is 5.07. The topological polar surface area (TPSA) is 41.5 Å². The van der Waals surface area contributed by atoms with Gasteiger partial charge in [0.25, 0.3) is 0 Å². The predicted octanol–water partition coefficient (Wildman–Crippen LogP) is 4.15. The summed E-state index contributed by atoms with van der Waals surface area (Å²) < 4.78 is 6.40. The molecule has 0 aliphatic rings. The summed E-state index contributed by atoms with van der Waals surface area (Å²) in [5.74, 6) is 0. The van der Waals surface area contributed by atoms with Crippen molar-refractivity contribution in [3.63, 3.8) is 0 Å². The molecule has 3 nitrogen and oxygen atoms in total. The van der Waals surface area contributed by atoms with Gasteiger partial charge in [0, 0.05) is 15.9 Å². The summed E-state index contributed by atoms with van der Waals surface area (Å²) in [5.41, 5.74) is 0.790. The van der Waals surface area contributed by atoms with Gasteiger partial charge in [-0.25, -0.2) is 0 Å². The molecule has 0 aliphatic carbocycles. The Kier molecular flexibility index (Phi) is 6.32. The van der Waals surface area contributed by atoms with Crippen molar-refractivity contribution in [1.82, 2.24) is 0 Å². The van der Waals surface area contributed by atoms with Crippen LogP contribution in [0.25, 0.3) is 0 Å². The van der Waals surface area contributed by atoms with Gasteiger partial charge in [-0.1, -0.05) is 33.6 Å². The van der Waals surface area contributed by atoms with Crippen molar-refractivity contribution in [3.05, 3.63) is 50.1 Å². The van der Waals surface area contributed by atoms with Crippen molar-refractivity contribution in [2.24, 2.45) is 0 Å². The number of aliphatic hydroxyl groups excluding tert-OH is 1. The van der Waals surface area contributed by atoms with Crippen LogP contribution in [0.2, 0.25) is 5.02 Å². The summed E-state index contributed by atoms with van der Waals surface area (Å²) in [5, 5.41) is 15.6. The fourth-order valence-electron chi connectivity index (χ4n) is 1.61. The van der Waals surface area contributed by atoms with Crippen molar-refractivity contribution >= 4 is 44.6 Å². The predicted molar refractivity (Wildman–Crippen MR) is 87.6 cm³/mol. The second kappa shape index (κ2) is 8.00. The first-order valence-electron chi connectivity index (χ1n) is 6.12. The molecule has 1 unspecified atom stereocenters. The third-order valence-electron chi connectivity index (χ3n) is 2.59. The van der Waals surface area contributed by atoms with Crippen LogP contribution in [0.3, 0.4) is 0 Å². The molecule has 1 aromatic heterocycles. The molecule has 20 heavy (non-hydrogen) atoms. The van der Waals surface area contributed by atoms with Crippen molar-refractivity contribution in [3.8, 4) is 0 Å². The molecule has 1 atom stereocenters. The fourth-order valence-corrected chi connectivity index (χ4v) is 2.80. The van der Waals surface area contributed by atoms with E-state index in [2.05, 4.69) is 21.2 Å². The van der Waals surface area contributed by atoms with Crippen molar-refractivity contribution in [2.45, 2.75) is 12.7 Å². The lowest BCUT2D eigenvalue weighted by Crippen LogP contribution is -2.24. The SMILES string of the molecule is OC(CNc1cc(Br)ccc1Cl)COCc1cccs1. The number of nitrogens with one attached hydrogen (secondary N) is 1. The molecule has 1 heterocycles. The molecule has 0 radical (unpaired) electrons. The average Bonchev–Trinajstić information content (AvgIpc) is 2.93. The van der Waals surface area contributed by atoms with E-state index in [4.69, 9.17) is 16.3 Å². The van der Waals surface area contributed by atoms with Gasteiger partial charge >= 0.3 is 0 Å². The zero-order valence-corrected chi connectivity index (χ0v) is 13.8. The molecule has 2 N–H and O–H groups in total. The van der Waals surface area contributed by atoms with E-state index in [0.717, 1.165) is 15.0 Å². The summed E-state index contributed by atoms with van der Waals surface area (Å²) in [4.78, 5) is 1.15. The Balaban J connectivity index is 1.71. The van der Waals surface area contributed by atoms with E-state index in [-0.39, 0.29) is 6.61 Å². The minimum Gasteiger partial charge on any atom is -0.389 e. The maximum atomic E-state index is 9.86. The van der Waals surface area contributed by atoms with Gasteiger partial charge in [-0.15, -0.1) is 11.3 Å². The van der Waals surface area contributed by atoms with Gasteiger partial charge in [-0.3, -0.25) is 0 Å². The molecule has 0 aliphatic heterocycles. The van der Waals surface area contributed by atoms with Gasteiger partial charge in [0.15, 0.2) is 0 Å². The van der Waals surface area contributed by atoms with E-state index in [1.54, 1.807) is 17.4 Å². The number of hydrogen-bond donors (Lipinski definition) is 2. The number of thiophene rings is 1. The number of halogens is 2. The Morgan fingerprint density at radius 3 is 3.00 bits per heavy atom. The summed E-state index contributed by atoms with van der Waals surface area (Å²) in [7, 11) is 0. The number of hydrogen-bond acceptors (Lipinski definition) is 4. The normalized spacial score (nSPS) is 12.3. The first-order chi connectivity index (χ1) is 9.65. The van der Waals surface area contributed by atoms with Crippen LogP contribution in [0.5, 0.6) is 0 Å². The first kappa shape index (κ1) is 15.8. The van der Waals surface area contributed by atoms with E-state index in [0.29, 0.717) is 18.2 Å². The number of aliphatic hydroxyl groups is 1. The van der Waals surface area contributed by atoms with Crippen LogP contribution in [-0.4, -0.2) is 24.4 Å². The Morgan fingerprint density at radius 2 is 2.25 bits per heavy atom. The van der Waals surface area contributed by atoms with Crippen LogP contribution < -0.4 is 5.32 Å². The largest absolute Gasteiger partial charge is 0.389 e. The van der Waals surface area contributed by atoms with Crippen LogP contribution in [-0.2, 0) is 11.3 Å². The maximum absolute atomic E-state index is 9.86. The standard InChI is InChI=1S/C14H15BrClNO2S/c15-10-3-4-13(16)14(6-10)17-7-11(18)8-19-9-12-2-1-5-20-12/h1-6,11,17-18H,7-9H2. The average molecular weight is 377 g/mol. The Bertz CT molecular complexity index is 536. The molecule has 0 fully saturated rings. The monoisotopic (exact) mass is 375 g/mol. The van der Waals surface area contributed by atoms with Crippen molar-refractivity contribution in [1.29, 1.82) is 0 Å². The highest BCUT2D eigenvalue weighted by Gasteiger charge is 2.07. The van der Waals surface area contributed by atoms with Crippen LogP contribution in [0.1, 0.15) is 4.88 Å². The molecule has 0 spiro atoms. The molecule has 6 heteroatoms. The van der Waals surface area contributed by atoms with Gasteiger partial charge < -0.3 is 15.2 Å². The van der Waals surface area contributed by atoms with Gasteiger partial charge in [0.05, 0.1) is 30.0 Å². The van der Waals surface area contributed by atoms with E-state index in [9.17, 15) is 5.11 Å². The zero-order valence-electron chi connectivity index (χ0n) is 10.7.